The van der Waals surface area contributed by atoms with E-state index >= 15 is 0 Å². The molecule has 150 valence electrons. The number of hydrogen-bond acceptors (Lipinski definition) is 4. The van der Waals surface area contributed by atoms with Crippen molar-refractivity contribution in [1.82, 2.24) is 4.90 Å². The average Bonchev–Trinajstić information content (AvgIpc) is 3.30. The summed E-state index contributed by atoms with van der Waals surface area (Å²) in [5.74, 6) is 2.64. The Morgan fingerprint density at radius 1 is 1.07 bits per heavy atom. The maximum Gasteiger partial charge on any atom is 0.123 e. The fraction of sp³-hybridized carbons (Fsp3) is 0.727. The fourth-order valence-electron chi connectivity index (χ4n) is 5.38. The highest BCUT2D eigenvalue weighted by Crippen LogP contribution is 2.49. The van der Waals surface area contributed by atoms with Gasteiger partial charge in [0.15, 0.2) is 0 Å². The Bertz CT molecular complexity index is 588. The molecule has 1 aromatic carbocycles. The van der Waals surface area contributed by atoms with E-state index in [9.17, 15) is 9.50 Å². The zero-order chi connectivity index (χ0) is 18.6. The Labute approximate surface area is 162 Å². The summed E-state index contributed by atoms with van der Waals surface area (Å²) in [4.78, 5) is 4.57. The third kappa shape index (κ3) is 5.01. The molecule has 0 radical (unpaired) electrons. The van der Waals surface area contributed by atoms with Crippen molar-refractivity contribution in [3.05, 3.63) is 30.1 Å². The van der Waals surface area contributed by atoms with E-state index in [0.29, 0.717) is 13.2 Å². The number of aliphatic hydroxyl groups excluding tert-OH is 1. The van der Waals surface area contributed by atoms with Gasteiger partial charge in [0.2, 0.25) is 0 Å². The zero-order valence-corrected chi connectivity index (χ0v) is 16.2. The summed E-state index contributed by atoms with van der Waals surface area (Å²) in [5, 5.41) is 10.3. The van der Waals surface area contributed by atoms with Crippen LogP contribution in [0.2, 0.25) is 0 Å². The van der Waals surface area contributed by atoms with Crippen LogP contribution in [0.5, 0.6) is 0 Å². The molecule has 1 aliphatic heterocycles. The Kier molecular flexibility index (Phi) is 6.31. The maximum atomic E-state index is 13.0. The average molecular weight is 377 g/mol. The van der Waals surface area contributed by atoms with Gasteiger partial charge >= 0.3 is 0 Å². The molecule has 1 aromatic rings. The predicted octanol–water partition coefficient (Wildman–Crippen LogP) is 3.15. The summed E-state index contributed by atoms with van der Waals surface area (Å²) in [6.07, 6.45) is 6.51. The van der Waals surface area contributed by atoms with Crippen molar-refractivity contribution in [3.63, 3.8) is 0 Å². The van der Waals surface area contributed by atoms with Crippen LogP contribution in [-0.2, 0) is 4.74 Å². The number of halogens is 1. The van der Waals surface area contributed by atoms with Gasteiger partial charge in [0.25, 0.3) is 0 Å². The highest BCUT2D eigenvalue weighted by atomic mass is 19.1. The first-order chi connectivity index (χ1) is 13.2. The molecule has 1 N–H and O–H groups in total. The lowest BCUT2D eigenvalue weighted by Crippen LogP contribution is -2.49. The van der Waals surface area contributed by atoms with Crippen LogP contribution in [0.15, 0.2) is 24.3 Å². The third-order valence-corrected chi connectivity index (χ3v) is 6.86. The van der Waals surface area contributed by atoms with E-state index in [2.05, 4.69) is 9.80 Å². The van der Waals surface area contributed by atoms with Crippen molar-refractivity contribution in [2.24, 2.45) is 17.8 Å². The van der Waals surface area contributed by atoms with E-state index in [-0.39, 0.29) is 5.82 Å². The lowest BCUT2D eigenvalue weighted by molar-refractivity contribution is 0.0100. The van der Waals surface area contributed by atoms with E-state index < -0.39 is 6.10 Å². The number of benzene rings is 1. The normalized spacial score (nSPS) is 29.4. The summed E-state index contributed by atoms with van der Waals surface area (Å²) in [6.45, 7) is 5.56. The number of ether oxygens (including phenoxy) is 1. The Hall–Kier alpha value is -1.17. The van der Waals surface area contributed by atoms with Crippen molar-refractivity contribution in [1.29, 1.82) is 0 Å². The zero-order valence-electron chi connectivity index (χ0n) is 16.2. The molecule has 0 spiro atoms. The maximum absolute atomic E-state index is 13.0. The van der Waals surface area contributed by atoms with Gasteiger partial charge in [0, 0.05) is 45.0 Å². The van der Waals surface area contributed by atoms with Gasteiger partial charge in [0.05, 0.1) is 12.7 Å². The van der Waals surface area contributed by atoms with Crippen LogP contribution < -0.4 is 4.90 Å². The molecule has 2 bridgehead atoms. The van der Waals surface area contributed by atoms with Gasteiger partial charge in [-0.25, -0.2) is 4.39 Å². The molecule has 1 heterocycles. The molecule has 5 heteroatoms. The quantitative estimate of drug-likeness (QED) is 0.707. The molecule has 27 heavy (non-hydrogen) atoms. The predicted molar refractivity (Wildman–Crippen MR) is 105 cm³/mol. The molecular formula is C22H33FN2O2. The van der Waals surface area contributed by atoms with Crippen LogP contribution in [-0.4, -0.2) is 62.0 Å². The first-order valence-electron chi connectivity index (χ1n) is 10.7. The summed E-state index contributed by atoms with van der Waals surface area (Å²) in [6, 6.07) is 6.70. The van der Waals surface area contributed by atoms with Gasteiger partial charge in [-0.1, -0.05) is 6.42 Å². The van der Waals surface area contributed by atoms with E-state index in [1.54, 1.807) is 0 Å². The molecule has 2 aliphatic carbocycles. The van der Waals surface area contributed by atoms with Gasteiger partial charge in [-0.05, 0) is 67.7 Å². The standard InChI is InChI=1S/C22H33FN2O2/c23-20-3-5-21(6-4-20)25-10-8-24(9-11-25)15-22(26)16-27-12-7-19-14-17-1-2-18(19)13-17/h3-6,17-19,22,26H,1-2,7-16H2/t17-,18-,19-,22+/m1/s1. The number of piperazine rings is 1. The van der Waals surface area contributed by atoms with E-state index in [4.69, 9.17) is 4.74 Å². The monoisotopic (exact) mass is 376 g/mol. The molecule has 4 rings (SSSR count). The second-order valence-corrected chi connectivity index (χ2v) is 8.72. The molecule has 3 fully saturated rings. The molecule has 0 amide bonds. The molecule has 4 nitrogen and oxygen atoms in total. The van der Waals surface area contributed by atoms with E-state index in [1.165, 1.54) is 44.2 Å². The van der Waals surface area contributed by atoms with Gasteiger partial charge in [-0.3, -0.25) is 4.90 Å². The van der Waals surface area contributed by atoms with E-state index in [1.807, 2.05) is 12.1 Å². The SMILES string of the molecule is O[C@H](COCC[C@@H]1C[C@@H]2CC[C@@H]1C2)CN1CCN(c2ccc(F)cc2)CC1. The third-order valence-electron chi connectivity index (χ3n) is 6.86. The van der Waals surface area contributed by atoms with E-state index in [0.717, 1.165) is 56.2 Å². The highest BCUT2D eigenvalue weighted by molar-refractivity contribution is 5.46. The van der Waals surface area contributed by atoms with Gasteiger partial charge in [-0.15, -0.1) is 0 Å². The Morgan fingerprint density at radius 3 is 2.52 bits per heavy atom. The number of fused-ring (bicyclic) bond motifs is 2. The molecule has 0 unspecified atom stereocenters. The number of hydrogen-bond donors (Lipinski definition) is 1. The summed E-state index contributed by atoms with van der Waals surface area (Å²) >= 11 is 0. The number of aliphatic hydroxyl groups is 1. The molecular weight excluding hydrogens is 343 g/mol. The topological polar surface area (TPSA) is 35.9 Å². The number of nitrogens with zero attached hydrogens (tertiary/aromatic N) is 2. The van der Waals surface area contributed by atoms with Crippen molar-refractivity contribution < 1.29 is 14.2 Å². The second kappa shape index (κ2) is 8.89. The van der Waals surface area contributed by atoms with Crippen molar-refractivity contribution in [3.8, 4) is 0 Å². The minimum atomic E-state index is -0.414. The minimum absolute atomic E-state index is 0.194. The van der Waals surface area contributed by atoms with Crippen LogP contribution in [0.4, 0.5) is 10.1 Å². The molecule has 2 saturated carbocycles. The molecule has 1 saturated heterocycles. The van der Waals surface area contributed by atoms with Crippen LogP contribution in [0.3, 0.4) is 0 Å². The van der Waals surface area contributed by atoms with Crippen molar-refractivity contribution in [2.75, 3.05) is 50.8 Å². The van der Waals surface area contributed by atoms with Gasteiger partial charge in [-0.2, -0.15) is 0 Å². The van der Waals surface area contributed by atoms with Crippen molar-refractivity contribution in [2.45, 2.75) is 38.2 Å². The number of anilines is 1. The lowest BCUT2D eigenvalue weighted by Gasteiger charge is -2.36. The largest absolute Gasteiger partial charge is 0.389 e. The number of rotatable bonds is 8. The lowest BCUT2D eigenvalue weighted by atomic mass is 9.87. The van der Waals surface area contributed by atoms with Crippen LogP contribution >= 0.6 is 0 Å². The second-order valence-electron chi connectivity index (χ2n) is 8.72. The first kappa shape index (κ1) is 19.2. The smallest absolute Gasteiger partial charge is 0.123 e. The molecule has 3 aliphatic rings. The fourth-order valence-corrected chi connectivity index (χ4v) is 5.38. The van der Waals surface area contributed by atoms with Crippen LogP contribution in [0.1, 0.15) is 32.1 Å². The van der Waals surface area contributed by atoms with Gasteiger partial charge in [0.1, 0.15) is 5.82 Å². The Balaban J connectivity index is 1.09. The molecule has 0 aromatic heterocycles. The summed E-state index contributed by atoms with van der Waals surface area (Å²) in [7, 11) is 0. The molecule has 4 atom stereocenters. The van der Waals surface area contributed by atoms with Crippen LogP contribution in [0, 0.1) is 23.6 Å². The minimum Gasteiger partial charge on any atom is -0.389 e. The van der Waals surface area contributed by atoms with Crippen molar-refractivity contribution >= 4 is 5.69 Å². The number of β-amino-alcohol motifs (C(OH)–C–C–N with tert-alkyl or cyclic N) is 1. The Morgan fingerprint density at radius 2 is 1.85 bits per heavy atom. The highest BCUT2D eigenvalue weighted by Gasteiger charge is 2.38. The summed E-state index contributed by atoms with van der Waals surface area (Å²) < 4.78 is 18.8. The summed E-state index contributed by atoms with van der Waals surface area (Å²) in [5.41, 5.74) is 1.07. The first-order valence-corrected chi connectivity index (χ1v) is 10.7. The van der Waals surface area contributed by atoms with Gasteiger partial charge < -0.3 is 14.7 Å². The van der Waals surface area contributed by atoms with Crippen LogP contribution in [0.25, 0.3) is 0 Å².